The Labute approximate surface area is 200 Å². The number of fused-ring (bicyclic) bond motifs is 2. The van der Waals surface area contributed by atoms with Crippen molar-refractivity contribution in [2.75, 3.05) is 39.8 Å². The Balaban J connectivity index is 1.23. The molecule has 1 saturated heterocycles. The largest absolute Gasteiger partial charge is 0.492 e. The van der Waals surface area contributed by atoms with E-state index in [9.17, 15) is 15.0 Å². The Morgan fingerprint density at radius 3 is 1.80 bits per heavy atom. The number of hydrogen-bond acceptors (Lipinski definition) is 9. The summed E-state index contributed by atoms with van der Waals surface area (Å²) in [6.45, 7) is 2.31. The summed E-state index contributed by atoms with van der Waals surface area (Å²) in [5.41, 5.74) is 2.04. The minimum atomic E-state index is -0.658. The molecule has 3 aliphatic heterocycles. The maximum absolute atomic E-state index is 12.6. The van der Waals surface area contributed by atoms with Crippen LogP contribution < -0.4 is 23.8 Å². The van der Waals surface area contributed by atoms with E-state index in [1.54, 1.807) is 0 Å². The SMILES string of the molecule is O=C(On1c(O)ccc1O)N1CCN(C(c2ccc3c(c2)OCO3)c2ccc3c(c2)OCO3)CC1. The van der Waals surface area contributed by atoms with Crippen LogP contribution in [-0.2, 0) is 0 Å². The lowest BCUT2D eigenvalue weighted by Gasteiger charge is -2.39. The molecule has 11 nitrogen and oxygen atoms in total. The number of carbonyl (C=O) groups is 1. The molecule has 0 unspecified atom stereocenters. The van der Waals surface area contributed by atoms with E-state index < -0.39 is 6.09 Å². The normalized spacial score (nSPS) is 16.7. The number of rotatable bonds is 4. The number of aromatic nitrogens is 1. The minimum Gasteiger partial charge on any atom is -0.492 e. The molecule has 0 bridgehead atoms. The summed E-state index contributed by atoms with van der Waals surface area (Å²) in [6.07, 6.45) is -0.658. The van der Waals surface area contributed by atoms with Gasteiger partial charge in [-0.25, -0.2) is 4.79 Å². The molecule has 4 heterocycles. The predicted molar refractivity (Wildman–Crippen MR) is 120 cm³/mol. The van der Waals surface area contributed by atoms with Gasteiger partial charge in [-0.05, 0) is 35.4 Å². The molecule has 6 rings (SSSR count). The molecule has 35 heavy (non-hydrogen) atoms. The van der Waals surface area contributed by atoms with Gasteiger partial charge in [0, 0.05) is 38.3 Å². The molecule has 0 saturated carbocycles. The highest BCUT2D eigenvalue weighted by Gasteiger charge is 2.31. The summed E-state index contributed by atoms with van der Waals surface area (Å²) < 4.78 is 22.9. The molecule has 3 aromatic rings. The van der Waals surface area contributed by atoms with Gasteiger partial charge in [-0.2, -0.15) is 0 Å². The van der Waals surface area contributed by atoms with Crippen molar-refractivity contribution in [2.24, 2.45) is 0 Å². The summed E-state index contributed by atoms with van der Waals surface area (Å²) in [5.74, 6) is 2.09. The van der Waals surface area contributed by atoms with Crippen molar-refractivity contribution >= 4 is 6.09 Å². The Morgan fingerprint density at radius 1 is 0.743 bits per heavy atom. The van der Waals surface area contributed by atoms with E-state index in [1.165, 1.54) is 17.0 Å². The Bertz CT molecular complexity index is 1190. The molecule has 11 heteroatoms. The number of nitrogens with zero attached hydrogens (tertiary/aromatic N) is 3. The van der Waals surface area contributed by atoms with E-state index in [-0.39, 0.29) is 31.4 Å². The summed E-state index contributed by atoms with van der Waals surface area (Å²) in [5, 5.41) is 19.5. The highest BCUT2D eigenvalue weighted by atomic mass is 16.7. The molecule has 2 N–H and O–H groups in total. The van der Waals surface area contributed by atoms with Crippen LogP contribution in [0.25, 0.3) is 0 Å². The van der Waals surface area contributed by atoms with Crippen LogP contribution in [0.5, 0.6) is 34.8 Å². The van der Waals surface area contributed by atoms with Crippen LogP contribution in [0.15, 0.2) is 48.5 Å². The lowest BCUT2D eigenvalue weighted by molar-refractivity contribution is 0.0516. The molecule has 1 aromatic heterocycles. The Hall–Kier alpha value is -4.25. The van der Waals surface area contributed by atoms with E-state index in [1.807, 2.05) is 36.4 Å². The van der Waals surface area contributed by atoms with Crippen LogP contribution in [0.4, 0.5) is 4.79 Å². The van der Waals surface area contributed by atoms with Gasteiger partial charge in [-0.15, -0.1) is 4.73 Å². The molecule has 0 spiro atoms. The van der Waals surface area contributed by atoms with E-state index in [0.717, 1.165) is 11.1 Å². The Kier molecular flexibility index (Phi) is 5.18. The number of hydrogen-bond donors (Lipinski definition) is 2. The van der Waals surface area contributed by atoms with Gasteiger partial charge < -0.3 is 38.9 Å². The lowest BCUT2D eigenvalue weighted by atomic mass is 9.95. The quantitative estimate of drug-likeness (QED) is 0.579. The number of piperazine rings is 1. The molecule has 1 fully saturated rings. The van der Waals surface area contributed by atoms with Crippen molar-refractivity contribution in [3.05, 3.63) is 59.7 Å². The lowest BCUT2D eigenvalue weighted by Crippen LogP contribution is -2.51. The molecule has 0 radical (unpaired) electrons. The van der Waals surface area contributed by atoms with Gasteiger partial charge in [0.05, 0.1) is 6.04 Å². The Morgan fingerprint density at radius 2 is 1.26 bits per heavy atom. The van der Waals surface area contributed by atoms with Crippen LogP contribution in [0.1, 0.15) is 17.2 Å². The van der Waals surface area contributed by atoms with E-state index in [4.69, 9.17) is 23.8 Å². The molecule has 182 valence electrons. The number of ether oxygens (including phenoxy) is 4. The third-order valence-corrected chi connectivity index (χ3v) is 6.33. The van der Waals surface area contributed by atoms with E-state index >= 15 is 0 Å². The molecular formula is C24H23N3O8. The van der Waals surface area contributed by atoms with E-state index in [0.29, 0.717) is 53.9 Å². The van der Waals surface area contributed by atoms with Crippen molar-refractivity contribution < 1.29 is 38.8 Å². The third kappa shape index (κ3) is 3.89. The zero-order chi connectivity index (χ0) is 23.9. The first-order valence-corrected chi connectivity index (χ1v) is 11.2. The van der Waals surface area contributed by atoms with Crippen LogP contribution in [0.2, 0.25) is 0 Å². The summed E-state index contributed by atoms with van der Waals surface area (Å²) in [4.78, 5) is 21.6. The van der Waals surface area contributed by atoms with Crippen molar-refractivity contribution in [1.82, 2.24) is 14.5 Å². The number of amides is 1. The first kappa shape index (κ1) is 21.3. The highest BCUT2D eigenvalue weighted by molar-refractivity contribution is 5.68. The van der Waals surface area contributed by atoms with Gasteiger partial charge in [0.25, 0.3) is 0 Å². The van der Waals surface area contributed by atoms with Crippen molar-refractivity contribution in [3.8, 4) is 34.8 Å². The van der Waals surface area contributed by atoms with Crippen molar-refractivity contribution in [2.45, 2.75) is 6.04 Å². The van der Waals surface area contributed by atoms with Gasteiger partial charge in [-0.1, -0.05) is 12.1 Å². The topological polar surface area (TPSA) is 115 Å². The fraction of sp³-hybridized carbons (Fsp3) is 0.292. The fourth-order valence-corrected chi connectivity index (χ4v) is 4.57. The molecule has 1 amide bonds. The minimum absolute atomic E-state index is 0.130. The van der Waals surface area contributed by atoms with Gasteiger partial charge >= 0.3 is 6.09 Å². The average Bonchev–Trinajstić information content (AvgIpc) is 3.61. The monoisotopic (exact) mass is 481 g/mol. The number of aromatic hydroxyl groups is 2. The molecule has 0 atom stereocenters. The zero-order valence-electron chi connectivity index (χ0n) is 18.6. The van der Waals surface area contributed by atoms with Crippen LogP contribution in [0.3, 0.4) is 0 Å². The highest BCUT2D eigenvalue weighted by Crippen LogP contribution is 2.41. The molecule has 3 aliphatic rings. The predicted octanol–water partition coefficient (Wildman–Crippen LogP) is 2.31. The van der Waals surface area contributed by atoms with Crippen LogP contribution in [0, 0.1) is 0 Å². The number of carbonyl (C=O) groups excluding carboxylic acids is 1. The number of benzene rings is 2. The molecular weight excluding hydrogens is 458 g/mol. The van der Waals surface area contributed by atoms with Gasteiger partial charge in [-0.3, -0.25) is 4.90 Å². The summed E-state index contributed by atoms with van der Waals surface area (Å²) in [6, 6.07) is 14.1. The van der Waals surface area contributed by atoms with Gasteiger partial charge in [0.15, 0.2) is 23.0 Å². The summed E-state index contributed by atoms with van der Waals surface area (Å²) >= 11 is 0. The van der Waals surface area contributed by atoms with E-state index in [2.05, 4.69) is 4.90 Å². The molecule has 0 aliphatic carbocycles. The molecule has 2 aromatic carbocycles. The van der Waals surface area contributed by atoms with Crippen molar-refractivity contribution in [1.29, 1.82) is 0 Å². The third-order valence-electron chi connectivity index (χ3n) is 6.33. The average molecular weight is 481 g/mol. The smallest absolute Gasteiger partial charge is 0.434 e. The summed E-state index contributed by atoms with van der Waals surface area (Å²) in [7, 11) is 0. The maximum Gasteiger partial charge on any atom is 0.434 e. The van der Waals surface area contributed by atoms with Gasteiger partial charge in [0.2, 0.25) is 25.3 Å². The standard InChI is InChI=1S/C24H23N3O8/c28-21-5-6-22(29)27(21)35-24(30)26-9-7-25(8-10-26)23(15-1-3-17-19(11-15)33-13-31-17)16-2-4-18-20(12-16)34-14-32-18/h1-6,11-12,23,28-29H,7-10,13-14H2. The van der Waals surface area contributed by atoms with Crippen molar-refractivity contribution in [3.63, 3.8) is 0 Å². The van der Waals surface area contributed by atoms with Crippen LogP contribution in [-0.4, -0.2) is 70.6 Å². The second kappa shape index (κ2) is 8.51. The zero-order valence-corrected chi connectivity index (χ0v) is 18.6. The van der Waals surface area contributed by atoms with Gasteiger partial charge in [0.1, 0.15) is 0 Å². The van der Waals surface area contributed by atoms with Crippen LogP contribution >= 0.6 is 0 Å². The second-order valence-corrected chi connectivity index (χ2v) is 8.35. The second-order valence-electron chi connectivity index (χ2n) is 8.35. The first-order valence-electron chi connectivity index (χ1n) is 11.2. The first-order chi connectivity index (χ1) is 17.1. The maximum atomic E-state index is 12.6. The fourth-order valence-electron chi connectivity index (χ4n) is 4.57.